The van der Waals surface area contributed by atoms with Gasteiger partial charge in [-0.15, -0.1) is 0 Å². The quantitative estimate of drug-likeness (QED) is 0.848. The molecule has 0 atom stereocenters. The van der Waals surface area contributed by atoms with Gasteiger partial charge in [0, 0.05) is 24.7 Å². The molecule has 94 valence electrons. The topological polar surface area (TPSA) is 41.5 Å². The molecule has 0 aliphatic rings. The lowest BCUT2D eigenvalue weighted by Crippen LogP contribution is -2.12. The molecule has 0 radical (unpaired) electrons. The average Bonchev–Trinajstić information content (AvgIpc) is 2.42. The monoisotopic (exact) mass is 243 g/mol. The van der Waals surface area contributed by atoms with Crippen LogP contribution in [0, 0.1) is 0 Å². The lowest BCUT2D eigenvalue weighted by Gasteiger charge is -2.08. The van der Waals surface area contributed by atoms with Gasteiger partial charge in [0.2, 0.25) is 0 Å². The van der Waals surface area contributed by atoms with E-state index in [1.807, 2.05) is 30.3 Å². The van der Waals surface area contributed by atoms with Crippen LogP contribution >= 0.6 is 0 Å². The molecule has 3 nitrogen and oxygen atoms in total. The second-order valence-electron chi connectivity index (χ2n) is 4.08. The van der Waals surface area contributed by atoms with Crippen LogP contribution in [-0.4, -0.2) is 12.2 Å². The highest BCUT2D eigenvalue weighted by Gasteiger charge is 2.02. The van der Waals surface area contributed by atoms with Crippen LogP contribution in [0.2, 0.25) is 0 Å². The minimum absolute atomic E-state index is 0.259. The molecule has 2 rings (SSSR count). The number of methoxy groups -OCH3 is 1. The van der Waals surface area contributed by atoms with Gasteiger partial charge in [0.05, 0.1) is 7.11 Å². The fourth-order valence-corrected chi connectivity index (χ4v) is 1.76. The zero-order valence-electron chi connectivity index (χ0n) is 10.4. The Hall–Kier alpha value is -2.00. The standard InChI is InChI=1S/C15H17NO2/c1-18-14-8-7-13(15(17)9-14)11-16-10-12-5-3-2-4-6-12/h2-9,16-17H,10-11H2,1H3. The van der Waals surface area contributed by atoms with Gasteiger partial charge in [0.1, 0.15) is 11.5 Å². The van der Waals surface area contributed by atoms with Crippen molar-refractivity contribution in [3.8, 4) is 11.5 Å². The minimum Gasteiger partial charge on any atom is -0.507 e. The fourth-order valence-electron chi connectivity index (χ4n) is 1.76. The first-order valence-electron chi connectivity index (χ1n) is 5.90. The van der Waals surface area contributed by atoms with Crippen LogP contribution in [0.5, 0.6) is 11.5 Å². The van der Waals surface area contributed by atoms with Crippen molar-refractivity contribution in [1.29, 1.82) is 0 Å². The number of hydrogen-bond acceptors (Lipinski definition) is 3. The Bertz CT molecular complexity index is 497. The molecule has 0 aliphatic carbocycles. The SMILES string of the molecule is COc1ccc(CNCc2ccccc2)c(O)c1. The third-order valence-corrected chi connectivity index (χ3v) is 2.78. The summed E-state index contributed by atoms with van der Waals surface area (Å²) >= 11 is 0. The number of hydrogen-bond donors (Lipinski definition) is 2. The molecule has 18 heavy (non-hydrogen) atoms. The van der Waals surface area contributed by atoms with E-state index in [1.165, 1.54) is 5.56 Å². The van der Waals surface area contributed by atoms with E-state index in [-0.39, 0.29) is 5.75 Å². The second-order valence-corrected chi connectivity index (χ2v) is 4.08. The van der Waals surface area contributed by atoms with Gasteiger partial charge < -0.3 is 15.2 Å². The van der Waals surface area contributed by atoms with E-state index < -0.39 is 0 Å². The van der Waals surface area contributed by atoms with E-state index >= 15 is 0 Å². The van der Waals surface area contributed by atoms with Crippen LogP contribution < -0.4 is 10.1 Å². The molecule has 0 fully saturated rings. The van der Waals surface area contributed by atoms with E-state index in [0.717, 1.165) is 12.1 Å². The molecule has 0 aromatic heterocycles. The zero-order chi connectivity index (χ0) is 12.8. The largest absolute Gasteiger partial charge is 0.507 e. The number of benzene rings is 2. The molecule has 2 N–H and O–H groups in total. The molecule has 0 amide bonds. The van der Waals surface area contributed by atoms with Crippen LogP contribution in [-0.2, 0) is 13.1 Å². The Morgan fingerprint density at radius 2 is 1.83 bits per heavy atom. The Morgan fingerprint density at radius 3 is 2.50 bits per heavy atom. The summed E-state index contributed by atoms with van der Waals surface area (Å²) in [6.07, 6.45) is 0. The molecular weight excluding hydrogens is 226 g/mol. The van der Waals surface area contributed by atoms with Crippen LogP contribution in [0.1, 0.15) is 11.1 Å². The predicted octanol–water partition coefficient (Wildman–Crippen LogP) is 2.69. The second kappa shape index (κ2) is 6.07. The Kier molecular flexibility index (Phi) is 4.20. The smallest absolute Gasteiger partial charge is 0.123 e. The Morgan fingerprint density at radius 1 is 1.06 bits per heavy atom. The van der Waals surface area contributed by atoms with Crippen molar-refractivity contribution in [2.45, 2.75) is 13.1 Å². The summed E-state index contributed by atoms with van der Waals surface area (Å²) < 4.78 is 5.04. The number of phenols is 1. The van der Waals surface area contributed by atoms with Gasteiger partial charge >= 0.3 is 0 Å². The normalized spacial score (nSPS) is 10.3. The van der Waals surface area contributed by atoms with Crippen LogP contribution in [0.15, 0.2) is 48.5 Å². The number of phenolic OH excluding ortho intramolecular Hbond substituents is 1. The van der Waals surface area contributed by atoms with Gasteiger partial charge in [-0.3, -0.25) is 0 Å². The molecule has 2 aromatic rings. The molecule has 2 aromatic carbocycles. The van der Waals surface area contributed by atoms with Crippen molar-refractivity contribution >= 4 is 0 Å². The predicted molar refractivity (Wildman–Crippen MR) is 71.6 cm³/mol. The van der Waals surface area contributed by atoms with Crippen molar-refractivity contribution < 1.29 is 9.84 Å². The lowest BCUT2D eigenvalue weighted by atomic mass is 10.1. The van der Waals surface area contributed by atoms with E-state index in [0.29, 0.717) is 12.3 Å². The maximum absolute atomic E-state index is 9.80. The van der Waals surface area contributed by atoms with Gasteiger partial charge in [-0.05, 0) is 11.6 Å². The van der Waals surface area contributed by atoms with Crippen molar-refractivity contribution in [3.05, 3.63) is 59.7 Å². The maximum Gasteiger partial charge on any atom is 0.123 e. The zero-order valence-corrected chi connectivity index (χ0v) is 10.4. The summed E-state index contributed by atoms with van der Waals surface area (Å²) in [7, 11) is 1.59. The van der Waals surface area contributed by atoms with Gasteiger partial charge in [0.25, 0.3) is 0 Å². The van der Waals surface area contributed by atoms with Gasteiger partial charge in [0.15, 0.2) is 0 Å². The summed E-state index contributed by atoms with van der Waals surface area (Å²) in [5.74, 6) is 0.925. The Balaban J connectivity index is 1.91. The molecular formula is C15H17NO2. The number of aromatic hydroxyl groups is 1. The maximum atomic E-state index is 9.80. The van der Waals surface area contributed by atoms with Crippen LogP contribution in [0.3, 0.4) is 0 Å². The summed E-state index contributed by atoms with van der Waals surface area (Å²) in [6.45, 7) is 1.41. The van der Waals surface area contributed by atoms with Gasteiger partial charge in [-0.25, -0.2) is 0 Å². The van der Waals surface area contributed by atoms with Crippen molar-refractivity contribution in [3.63, 3.8) is 0 Å². The molecule has 3 heteroatoms. The number of rotatable bonds is 5. The molecule has 0 unspecified atom stereocenters. The van der Waals surface area contributed by atoms with Crippen molar-refractivity contribution in [1.82, 2.24) is 5.32 Å². The first kappa shape index (κ1) is 12.5. The molecule has 0 saturated carbocycles. The first-order chi connectivity index (χ1) is 8.79. The van der Waals surface area contributed by atoms with Crippen molar-refractivity contribution in [2.24, 2.45) is 0 Å². The summed E-state index contributed by atoms with van der Waals surface area (Å²) in [5.41, 5.74) is 2.09. The summed E-state index contributed by atoms with van der Waals surface area (Å²) in [5, 5.41) is 13.1. The fraction of sp³-hybridized carbons (Fsp3) is 0.200. The van der Waals surface area contributed by atoms with E-state index in [9.17, 15) is 5.11 Å². The van der Waals surface area contributed by atoms with E-state index in [4.69, 9.17) is 4.74 Å². The number of ether oxygens (including phenoxy) is 1. The molecule has 0 spiro atoms. The highest BCUT2D eigenvalue weighted by molar-refractivity contribution is 5.39. The van der Waals surface area contributed by atoms with Gasteiger partial charge in [-0.1, -0.05) is 36.4 Å². The van der Waals surface area contributed by atoms with Gasteiger partial charge in [-0.2, -0.15) is 0 Å². The van der Waals surface area contributed by atoms with Crippen LogP contribution in [0.25, 0.3) is 0 Å². The Labute approximate surface area is 107 Å². The highest BCUT2D eigenvalue weighted by Crippen LogP contribution is 2.23. The molecule has 0 saturated heterocycles. The van der Waals surface area contributed by atoms with Crippen LogP contribution in [0.4, 0.5) is 0 Å². The average molecular weight is 243 g/mol. The molecule has 0 heterocycles. The van der Waals surface area contributed by atoms with E-state index in [2.05, 4.69) is 17.4 Å². The highest BCUT2D eigenvalue weighted by atomic mass is 16.5. The minimum atomic E-state index is 0.259. The third kappa shape index (κ3) is 3.25. The third-order valence-electron chi connectivity index (χ3n) is 2.78. The lowest BCUT2D eigenvalue weighted by molar-refractivity contribution is 0.406. The summed E-state index contributed by atoms with van der Waals surface area (Å²) in [4.78, 5) is 0. The summed E-state index contributed by atoms with van der Waals surface area (Å²) in [6, 6.07) is 15.5. The van der Waals surface area contributed by atoms with E-state index in [1.54, 1.807) is 13.2 Å². The van der Waals surface area contributed by atoms with Crippen molar-refractivity contribution in [2.75, 3.05) is 7.11 Å². The molecule has 0 aliphatic heterocycles. The first-order valence-corrected chi connectivity index (χ1v) is 5.90. The molecule has 0 bridgehead atoms. The number of nitrogens with one attached hydrogen (secondary N) is 1.